The normalized spacial score (nSPS) is 26.0. The van der Waals surface area contributed by atoms with Gasteiger partial charge in [0.25, 0.3) is 0 Å². The van der Waals surface area contributed by atoms with E-state index < -0.39 is 8.32 Å². The summed E-state index contributed by atoms with van der Waals surface area (Å²) in [6, 6.07) is 0. The number of hydrogen-bond acceptors (Lipinski definition) is 2. The molecule has 0 fully saturated rings. The average Bonchev–Trinajstić information content (AvgIpc) is 2.57. The van der Waals surface area contributed by atoms with Crippen LogP contribution in [0, 0.1) is 5.92 Å². The molecular formula is C14H26O2Si. The zero-order valence-electron chi connectivity index (χ0n) is 11.7. The maximum absolute atomic E-state index is 9.35. The van der Waals surface area contributed by atoms with Crippen LogP contribution in [-0.2, 0) is 4.43 Å². The molecule has 1 aliphatic carbocycles. The number of allylic oxidation sites excluding steroid dienone is 2. The van der Waals surface area contributed by atoms with Gasteiger partial charge in [-0.3, -0.25) is 0 Å². The van der Waals surface area contributed by atoms with Gasteiger partial charge in [-0.05, 0) is 30.5 Å². The lowest BCUT2D eigenvalue weighted by Crippen LogP contribution is -2.40. The van der Waals surface area contributed by atoms with Crippen LogP contribution in [0.15, 0.2) is 24.3 Å². The molecule has 0 spiro atoms. The van der Waals surface area contributed by atoms with E-state index in [4.69, 9.17) is 4.43 Å². The summed E-state index contributed by atoms with van der Waals surface area (Å²) in [4.78, 5) is 0. The monoisotopic (exact) mass is 254 g/mol. The Bertz CT molecular complexity index is 300. The van der Waals surface area contributed by atoms with Crippen LogP contribution in [-0.4, -0.2) is 26.1 Å². The lowest BCUT2D eigenvalue weighted by Gasteiger charge is -2.35. The first kappa shape index (κ1) is 14.7. The van der Waals surface area contributed by atoms with Crippen molar-refractivity contribution < 1.29 is 9.53 Å². The first-order valence-electron chi connectivity index (χ1n) is 6.39. The molecule has 0 heterocycles. The van der Waals surface area contributed by atoms with Crippen molar-refractivity contribution in [3.8, 4) is 0 Å². The molecule has 1 N–H and O–H groups in total. The molecular weight excluding hydrogens is 228 g/mol. The van der Waals surface area contributed by atoms with Crippen LogP contribution in [0.2, 0.25) is 18.1 Å². The Kier molecular flexibility index (Phi) is 4.75. The molecule has 0 unspecified atom stereocenters. The summed E-state index contributed by atoms with van der Waals surface area (Å²) in [5, 5.41) is 9.62. The van der Waals surface area contributed by atoms with Crippen molar-refractivity contribution in [3.63, 3.8) is 0 Å². The summed E-state index contributed by atoms with van der Waals surface area (Å²) in [5.41, 5.74) is 0. The summed E-state index contributed by atoms with van der Waals surface area (Å²) >= 11 is 0. The molecule has 2 nitrogen and oxygen atoms in total. The molecule has 17 heavy (non-hydrogen) atoms. The first-order valence-corrected chi connectivity index (χ1v) is 9.30. The van der Waals surface area contributed by atoms with Gasteiger partial charge >= 0.3 is 0 Å². The van der Waals surface area contributed by atoms with Crippen LogP contribution in [0.4, 0.5) is 0 Å². The second kappa shape index (κ2) is 5.51. The van der Waals surface area contributed by atoms with E-state index in [0.29, 0.717) is 12.5 Å². The van der Waals surface area contributed by atoms with Gasteiger partial charge in [0.15, 0.2) is 8.32 Å². The van der Waals surface area contributed by atoms with E-state index in [1.807, 2.05) is 6.08 Å². The van der Waals surface area contributed by atoms with E-state index in [2.05, 4.69) is 52.1 Å². The van der Waals surface area contributed by atoms with E-state index in [1.165, 1.54) is 0 Å². The Morgan fingerprint density at radius 2 is 2.00 bits per heavy atom. The zero-order chi connectivity index (χ0) is 13.1. The quantitative estimate of drug-likeness (QED) is 0.614. The highest BCUT2D eigenvalue weighted by Gasteiger charge is 2.36. The van der Waals surface area contributed by atoms with Gasteiger partial charge in [0.1, 0.15) is 0 Å². The highest BCUT2D eigenvalue weighted by atomic mass is 28.4. The highest BCUT2D eigenvalue weighted by Crippen LogP contribution is 2.36. The SMILES string of the molecule is CC(C)(C)[Si](C)(C)OC/C=C/[C@H]1C=C[C@H](O)C1. The van der Waals surface area contributed by atoms with Crippen LogP contribution in [0.1, 0.15) is 27.2 Å². The van der Waals surface area contributed by atoms with E-state index in [1.54, 1.807) is 0 Å². The fourth-order valence-corrected chi connectivity index (χ4v) is 2.50. The number of aliphatic hydroxyl groups is 1. The molecule has 0 radical (unpaired) electrons. The molecule has 2 atom stereocenters. The minimum Gasteiger partial charge on any atom is -0.413 e. The Balaban J connectivity index is 2.33. The van der Waals surface area contributed by atoms with Crippen molar-refractivity contribution in [1.29, 1.82) is 0 Å². The van der Waals surface area contributed by atoms with Gasteiger partial charge in [-0.25, -0.2) is 0 Å². The van der Waals surface area contributed by atoms with Crippen molar-refractivity contribution in [1.82, 2.24) is 0 Å². The van der Waals surface area contributed by atoms with Crippen LogP contribution in [0.5, 0.6) is 0 Å². The van der Waals surface area contributed by atoms with Crippen LogP contribution in [0.3, 0.4) is 0 Å². The van der Waals surface area contributed by atoms with Crippen LogP contribution in [0.25, 0.3) is 0 Å². The Labute approximate surface area is 107 Å². The summed E-state index contributed by atoms with van der Waals surface area (Å²) in [7, 11) is -1.61. The Morgan fingerprint density at radius 1 is 1.35 bits per heavy atom. The molecule has 98 valence electrons. The molecule has 3 heteroatoms. The number of aliphatic hydroxyl groups excluding tert-OH is 1. The lowest BCUT2D eigenvalue weighted by molar-refractivity contribution is 0.215. The minimum absolute atomic E-state index is 0.258. The van der Waals surface area contributed by atoms with Gasteiger partial charge in [-0.1, -0.05) is 45.1 Å². The van der Waals surface area contributed by atoms with Crippen molar-refractivity contribution in [2.45, 2.75) is 51.4 Å². The zero-order valence-corrected chi connectivity index (χ0v) is 12.7. The molecule has 0 saturated heterocycles. The minimum atomic E-state index is -1.61. The molecule has 0 aromatic rings. The summed E-state index contributed by atoms with van der Waals surface area (Å²) in [5.74, 6) is 0.382. The van der Waals surface area contributed by atoms with E-state index in [-0.39, 0.29) is 11.1 Å². The van der Waals surface area contributed by atoms with Gasteiger partial charge in [0.05, 0.1) is 12.7 Å². The predicted molar refractivity (Wildman–Crippen MR) is 75.5 cm³/mol. The van der Waals surface area contributed by atoms with Gasteiger partial charge < -0.3 is 9.53 Å². The fraction of sp³-hybridized carbons (Fsp3) is 0.714. The molecule has 1 rings (SSSR count). The third kappa shape index (κ3) is 4.41. The van der Waals surface area contributed by atoms with E-state index in [0.717, 1.165) is 6.42 Å². The first-order chi connectivity index (χ1) is 7.72. The fourth-order valence-electron chi connectivity index (χ4n) is 1.55. The summed E-state index contributed by atoms with van der Waals surface area (Å²) < 4.78 is 6.05. The second-order valence-electron chi connectivity index (χ2n) is 6.35. The van der Waals surface area contributed by atoms with Gasteiger partial charge in [-0.2, -0.15) is 0 Å². The summed E-state index contributed by atoms with van der Waals surface area (Å²) in [6.45, 7) is 12.0. The standard InChI is InChI=1S/C14H26O2Si/c1-14(2,3)17(4,5)16-10-6-7-12-8-9-13(15)11-12/h6-9,12-13,15H,10-11H2,1-5H3/b7-6+/t12-,13-/m0/s1. The molecule has 0 aliphatic heterocycles. The number of rotatable bonds is 4. The topological polar surface area (TPSA) is 29.5 Å². The predicted octanol–water partition coefficient (Wildman–Crippen LogP) is 3.50. The Hall–Kier alpha value is -0.383. The van der Waals surface area contributed by atoms with E-state index in [9.17, 15) is 5.11 Å². The third-order valence-corrected chi connectivity index (χ3v) is 8.32. The second-order valence-corrected chi connectivity index (χ2v) is 11.2. The largest absolute Gasteiger partial charge is 0.413 e. The average molecular weight is 254 g/mol. The molecule has 0 bridgehead atoms. The summed E-state index contributed by atoms with van der Waals surface area (Å²) in [6.07, 6.45) is 8.72. The van der Waals surface area contributed by atoms with Crippen LogP contribution >= 0.6 is 0 Å². The smallest absolute Gasteiger partial charge is 0.192 e. The maximum Gasteiger partial charge on any atom is 0.192 e. The van der Waals surface area contributed by atoms with Crippen molar-refractivity contribution in [2.24, 2.45) is 5.92 Å². The molecule has 0 aromatic heterocycles. The van der Waals surface area contributed by atoms with Crippen molar-refractivity contribution in [2.75, 3.05) is 6.61 Å². The van der Waals surface area contributed by atoms with Gasteiger partial charge in [-0.15, -0.1) is 0 Å². The number of hydrogen-bond donors (Lipinski definition) is 1. The van der Waals surface area contributed by atoms with E-state index >= 15 is 0 Å². The molecule has 0 aromatic carbocycles. The van der Waals surface area contributed by atoms with Crippen molar-refractivity contribution >= 4 is 8.32 Å². The molecule has 1 aliphatic rings. The van der Waals surface area contributed by atoms with Crippen LogP contribution < -0.4 is 0 Å². The maximum atomic E-state index is 9.35. The third-order valence-electron chi connectivity index (χ3n) is 3.82. The molecule has 0 saturated carbocycles. The lowest BCUT2D eigenvalue weighted by atomic mass is 10.1. The van der Waals surface area contributed by atoms with Gasteiger partial charge in [0, 0.05) is 0 Å². The molecule has 0 amide bonds. The van der Waals surface area contributed by atoms with Gasteiger partial charge in [0.2, 0.25) is 0 Å². The Morgan fingerprint density at radius 3 is 2.47 bits per heavy atom. The highest BCUT2D eigenvalue weighted by molar-refractivity contribution is 6.74. The van der Waals surface area contributed by atoms with Crippen molar-refractivity contribution in [3.05, 3.63) is 24.3 Å².